The van der Waals surface area contributed by atoms with Crippen LogP contribution in [0.3, 0.4) is 0 Å². The number of fused-ring (bicyclic) bond motifs is 1. The third-order valence-corrected chi connectivity index (χ3v) is 5.87. The molecule has 28 heavy (non-hydrogen) atoms. The predicted octanol–water partition coefficient (Wildman–Crippen LogP) is -0.227. The highest BCUT2D eigenvalue weighted by atomic mass is 16.5. The Hall–Kier alpha value is -2.29. The Bertz CT molecular complexity index is 805. The van der Waals surface area contributed by atoms with E-state index in [0.717, 1.165) is 37.4 Å². The van der Waals surface area contributed by atoms with Gasteiger partial charge in [-0.05, 0) is 23.6 Å². The number of hydrogen-bond acceptors (Lipinski definition) is 6. The summed E-state index contributed by atoms with van der Waals surface area (Å²) in [6.45, 7) is 4.62. The van der Waals surface area contributed by atoms with Crippen molar-refractivity contribution in [2.75, 3.05) is 33.4 Å². The molecule has 2 fully saturated rings. The van der Waals surface area contributed by atoms with Crippen LogP contribution in [0.15, 0.2) is 18.2 Å². The number of carbonyl (C=O) groups excluding carboxylic acids is 3. The van der Waals surface area contributed by atoms with Gasteiger partial charge in [-0.2, -0.15) is 0 Å². The van der Waals surface area contributed by atoms with Crippen LogP contribution in [0.5, 0.6) is 0 Å². The number of piperidine rings is 1. The summed E-state index contributed by atoms with van der Waals surface area (Å²) in [5.41, 5.74) is 2.85. The standard InChI is InChI=1S/C20H26N4O4/c1-28-12-20(10-22-11-20)9-21-7-13-2-3-15-14(6-13)8-24(19(15)27)16-4-5-17(25)23-18(16)26/h2-3,6,16,21-22H,4-5,7-12H2,1H3,(H,23,25,26). The maximum Gasteiger partial charge on any atom is 0.255 e. The lowest BCUT2D eigenvalue weighted by Gasteiger charge is -2.42. The van der Waals surface area contributed by atoms with Gasteiger partial charge >= 0.3 is 0 Å². The van der Waals surface area contributed by atoms with Crippen molar-refractivity contribution in [2.24, 2.45) is 5.41 Å². The van der Waals surface area contributed by atoms with E-state index >= 15 is 0 Å². The summed E-state index contributed by atoms with van der Waals surface area (Å²) in [6.07, 6.45) is 0.651. The molecule has 0 spiro atoms. The fraction of sp³-hybridized carbons (Fsp3) is 0.550. The van der Waals surface area contributed by atoms with Crippen LogP contribution in [0.1, 0.15) is 34.3 Å². The Labute approximate surface area is 164 Å². The average Bonchev–Trinajstić information content (AvgIpc) is 2.95. The van der Waals surface area contributed by atoms with Crippen LogP contribution in [0, 0.1) is 5.41 Å². The zero-order chi connectivity index (χ0) is 19.7. The van der Waals surface area contributed by atoms with E-state index in [4.69, 9.17) is 4.74 Å². The molecule has 3 amide bonds. The highest BCUT2D eigenvalue weighted by Gasteiger charge is 2.39. The minimum atomic E-state index is -0.570. The van der Waals surface area contributed by atoms with Crippen molar-refractivity contribution in [2.45, 2.75) is 32.0 Å². The Kier molecular flexibility index (Phi) is 5.18. The zero-order valence-electron chi connectivity index (χ0n) is 16.0. The SMILES string of the molecule is COCC1(CNCc2ccc3c(c2)CN(C2CCC(=O)NC2=O)C3=O)CNC1. The van der Waals surface area contributed by atoms with Gasteiger partial charge < -0.3 is 20.3 Å². The molecule has 1 aromatic rings. The molecular formula is C20H26N4O4. The van der Waals surface area contributed by atoms with E-state index in [-0.39, 0.29) is 29.6 Å². The summed E-state index contributed by atoms with van der Waals surface area (Å²) in [7, 11) is 1.73. The lowest BCUT2D eigenvalue weighted by atomic mass is 9.82. The largest absolute Gasteiger partial charge is 0.384 e. The Balaban J connectivity index is 1.38. The molecule has 3 N–H and O–H groups in total. The minimum Gasteiger partial charge on any atom is -0.384 e. The number of nitrogens with one attached hydrogen (secondary N) is 3. The third kappa shape index (κ3) is 3.55. The van der Waals surface area contributed by atoms with Gasteiger partial charge in [0.05, 0.1) is 6.61 Å². The highest BCUT2D eigenvalue weighted by Crippen LogP contribution is 2.28. The summed E-state index contributed by atoms with van der Waals surface area (Å²) in [5, 5.41) is 9.13. The number of benzene rings is 1. The van der Waals surface area contributed by atoms with E-state index < -0.39 is 6.04 Å². The molecule has 150 valence electrons. The fourth-order valence-corrected chi connectivity index (χ4v) is 4.27. The van der Waals surface area contributed by atoms with Crippen molar-refractivity contribution >= 4 is 17.7 Å². The predicted molar refractivity (Wildman–Crippen MR) is 101 cm³/mol. The van der Waals surface area contributed by atoms with Crippen molar-refractivity contribution in [3.05, 3.63) is 34.9 Å². The van der Waals surface area contributed by atoms with E-state index in [1.807, 2.05) is 18.2 Å². The quantitative estimate of drug-likeness (QED) is 0.560. The molecular weight excluding hydrogens is 360 g/mol. The van der Waals surface area contributed by atoms with Crippen molar-refractivity contribution in [1.29, 1.82) is 0 Å². The van der Waals surface area contributed by atoms with Crippen LogP contribution in [-0.4, -0.2) is 62.0 Å². The van der Waals surface area contributed by atoms with Crippen LogP contribution in [0.4, 0.5) is 0 Å². The number of imide groups is 1. The smallest absolute Gasteiger partial charge is 0.255 e. The molecule has 1 aromatic carbocycles. The molecule has 1 unspecified atom stereocenters. The van der Waals surface area contributed by atoms with Gasteiger partial charge in [0.25, 0.3) is 5.91 Å². The Morgan fingerprint density at radius 1 is 1.29 bits per heavy atom. The number of amides is 3. The molecule has 3 aliphatic rings. The highest BCUT2D eigenvalue weighted by molar-refractivity contribution is 6.05. The van der Waals surface area contributed by atoms with E-state index in [2.05, 4.69) is 16.0 Å². The van der Waals surface area contributed by atoms with Gasteiger partial charge in [0, 0.05) is 57.2 Å². The summed E-state index contributed by atoms with van der Waals surface area (Å²) < 4.78 is 5.33. The molecule has 1 atom stereocenters. The number of nitrogens with zero attached hydrogens (tertiary/aromatic N) is 1. The second kappa shape index (κ2) is 7.62. The van der Waals surface area contributed by atoms with E-state index in [1.54, 1.807) is 12.0 Å². The molecule has 0 aromatic heterocycles. The topological polar surface area (TPSA) is 99.8 Å². The first kappa shape index (κ1) is 19.0. The van der Waals surface area contributed by atoms with E-state index in [1.165, 1.54) is 0 Å². The summed E-state index contributed by atoms with van der Waals surface area (Å²) in [4.78, 5) is 37.8. The van der Waals surface area contributed by atoms with Gasteiger partial charge in [-0.15, -0.1) is 0 Å². The van der Waals surface area contributed by atoms with Gasteiger partial charge in [0.15, 0.2) is 0 Å². The van der Waals surface area contributed by atoms with Crippen LogP contribution in [0.2, 0.25) is 0 Å². The van der Waals surface area contributed by atoms with Gasteiger partial charge in [-0.25, -0.2) is 0 Å². The molecule has 2 saturated heterocycles. The zero-order valence-corrected chi connectivity index (χ0v) is 16.0. The van der Waals surface area contributed by atoms with E-state index in [9.17, 15) is 14.4 Å². The normalized spacial score (nSPS) is 23.4. The third-order valence-electron chi connectivity index (χ3n) is 5.87. The van der Waals surface area contributed by atoms with Crippen molar-refractivity contribution < 1.29 is 19.1 Å². The summed E-state index contributed by atoms with van der Waals surface area (Å²) in [6, 6.07) is 5.27. The summed E-state index contributed by atoms with van der Waals surface area (Å²) in [5.74, 6) is -0.785. The van der Waals surface area contributed by atoms with Gasteiger partial charge in [0.1, 0.15) is 6.04 Å². The van der Waals surface area contributed by atoms with Crippen LogP contribution < -0.4 is 16.0 Å². The van der Waals surface area contributed by atoms with Crippen molar-refractivity contribution in [1.82, 2.24) is 20.9 Å². The maximum atomic E-state index is 12.7. The van der Waals surface area contributed by atoms with Crippen molar-refractivity contribution in [3.63, 3.8) is 0 Å². The van der Waals surface area contributed by atoms with Crippen LogP contribution >= 0.6 is 0 Å². The van der Waals surface area contributed by atoms with Gasteiger partial charge in [0.2, 0.25) is 11.8 Å². The van der Waals surface area contributed by atoms with Gasteiger partial charge in [-0.1, -0.05) is 12.1 Å². The van der Waals surface area contributed by atoms with E-state index in [0.29, 0.717) is 25.1 Å². The first-order chi connectivity index (χ1) is 13.5. The monoisotopic (exact) mass is 386 g/mol. The molecule has 8 heteroatoms. The minimum absolute atomic E-state index is 0.136. The van der Waals surface area contributed by atoms with Crippen LogP contribution in [0.25, 0.3) is 0 Å². The Morgan fingerprint density at radius 2 is 2.11 bits per heavy atom. The first-order valence-electron chi connectivity index (χ1n) is 9.68. The second-order valence-corrected chi connectivity index (χ2v) is 8.03. The lowest BCUT2D eigenvalue weighted by molar-refractivity contribution is -0.136. The van der Waals surface area contributed by atoms with Gasteiger partial charge in [-0.3, -0.25) is 19.7 Å². The fourth-order valence-electron chi connectivity index (χ4n) is 4.27. The molecule has 0 radical (unpaired) electrons. The lowest BCUT2D eigenvalue weighted by Crippen LogP contribution is -2.60. The average molecular weight is 386 g/mol. The number of rotatable bonds is 7. The number of carbonyl (C=O) groups is 3. The molecule has 0 bridgehead atoms. The number of hydrogen-bond donors (Lipinski definition) is 3. The molecule has 3 aliphatic heterocycles. The number of methoxy groups -OCH3 is 1. The molecule has 4 rings (SSSR count). The second-order valence-electron chi connectivity index (χ2n) is 8.03. The van der Waals surface area contributed by atoms with Crippen molar-refractivity contribution in [3.8, 4) is 0 Å². The number of ether oxygens (including phenoxy) is 1. The molecule has 8 nitrogen and oxygen atoms in total. The molecule has 0 saturated carbocycles. The summed E-state index contributed by atoms with van der Waals surface area (Å²) >= 11 is 0. The molecule has 3 heterocycles. The Morgan fingerprint density at radius 3 is 2.79 bits per heavy atom. The molecule has 0 aliphatic carbocycles. The first-order valence-corrected chi connectivity index (χ1v) is 9.68. The maximum absolute atomic E-state index is 12.7. The van der Waals surface area contributed by atoms with Crippen LogP contribution in [-0.2, 0) is 27.4 Å².